The fourth-order valence-electron chi connectivity index (χ4n) is 2.94. The van der Waals surface area contributed by atoms with Gasteiger partial charge in [-0.15, -0.1) is 0 Å². The number of ether oxygens (including phenoxy) is 1. The summed E-state index contributed by atoms with van der Waals surface area (Å²) < 4.78 is 5.39. The summed E-state index contributed by atoms with van der Waals surface area (Å²) >= 11 is 0. The second kappa shape index (κ2) is 10.1. The van der Waals surface area contributed by atoms with E-state index in [1.165, 1.54) is 23.1 Å². The zero-order chi connectivity index (χ0) is 17.3. The maximum Gasteiger partial charge on any atom is 0.0930 e. The topological polar surface area (TPSA) is 29.5 Å². The molecule has 2 atom stereocenters. The largest absolute Gasteiger partial charge is 0.387 e. The average Bonchev–Trinajstić information content (AvgIpc) is 2.78. The van der Waals surface area contributed by atoms with E-state index in [9.17, 15) is 5.11 Å². The molecule has 1 rings (SSSR count). The molecule has 1 saturated heterocycles. The van der Waals surface area contributed by atoms with Crippen LogP contribution < -0.4 is 0 Å². The minimum atomic E-state index is -0.613. The summed E-state index contributed by atoms with van der Waals surface area (Å²) in [5, 5.41) is 10.5. The summed E-state index contributed by atoms with van der Waals surface area (Å²) in [6.45, 7) is 12.0. The normalized spacial score (nSPS) is 25.7. The number of allylic oxidation sites excluding steroid dienone is 6. The molecular weight excluding hydrogens is 284 g/mol. The zero-order valence-electron chi connectivity index (χ0n) is 15.8. The monoisotopic (exact) mass is 320 g/mol. The summed E-state index contributed by atoms with van der Waals surface area (Å²) in [7, 11) is 0. The quantitative estimate of drug-likeness (QED) is 0.562. The Morgan fingerprint density at radius 2 is 1.57 bits per heavy atom. The molecule has 1 N–H and O–H groups in total. The average molecular weight is 321 g/mol. The van der Waals surface area contributed by atoms with Gasteiger partial charge in [0, 0.05) is 5.92 Å². The Labute approximate surface area is 143 Å². The maximum absolute atomic E-state index is 10.5. The first kappa shape index (κ1) is 20.2. The summed E-state index contributed by atoms with van der Waals surface area (Å²) in [5.41, 5.74) is 3.70. The number of rotatable bonds is 9. The van der Waals surface area contributed by atoms with Gasteiger partial charge in [-0.3, -0.25) is 0 Å². The Kier molecular flexibility index (Phi) is 8.86. The van der Waals surface area contributed by atoms with Crippen LogP contribution in [0.4, 0.5) is 0 Å². The van der Waals surface area contributed by atoms with Crippen molar-refractivity contribution in [1.29, 1.82) is 0 Å². The smallest absolute Gasteiger partial charge is 0.0930 e. The van der Waals surface area contributed by atoms with Crippen molar-refractivity contribution in [2.45, 2.75) is 78.7 Å². The van der Waals surface area contributed by atoms with Crippen LogP contribution in [0.3, 0.4) is 0 Å². The Bertz CT molecular complexity index is 441. The molecule has 0 aromatic rings. The van der Waals surface area contributed by atoms with E-state index in [0.717, 1.165) is 32.1 Å². The minimum absolute atomic E-state index is 0.252. The van der Waals surface area contributed by atoms with Gasteiger partial charge in [0.25, 0.3) is 0 Å². The molecule has 1 aliphatic rings. The van der Waals surface area contributed by atoms with Crippen LogP contribution in [0.2, 0.25) is 0 Å². The molecule has 0 saturated carbocycles. The lowest BCUT2D eigenvalue weighted by Crippen LogP contribution is -2.35. The van der Waals surface area contributed by atoms with Gasteiger partial charge in [-0.25, -0.2) is 0 Å². The van der Waals surface area contributed by atoms with Gasteiger partial charge in [-0.05, 0) is 66.2 Å². The van der Waals surface area contributed by atoms with Crippen LogP contribution >= 0.6 is 0 Å². The van der Waals surface area contributed by atoms with Crippen LogP contribution in [0, 0.1) is 5.92 Å². The van der Waals surface area contributed by atoms with E-state index in [1.807, 2.05) is 0 Å². The molecule has 0 unspecified atom stereocenters. The molecule has 0 aromatic heterocycles. The van der Waals surface area contributed by atoms with Gasteiger partial charge in [0.05, 0.1) is 18.8 Å². The molecule has 0 aromatic carbocycles. The van der Waals surface area contributed by atoms with Crippen molar-refractivity contribution in [2.24, 2.45) is 5.92 Å². The van der Waals surface area contributed by atoms with Crippen LogP contribution in [0.15, 0.2) is 34.9 Å². The van der Waals surface area contributed by atoms with Crippen molar-refractivity contribution < 1.29 is 9.84 Å². The van der Waals surface area contributed by atoms with Crippen molar-refractivity contribution in [1.82, 2.24) is 0 Å². The molecule has 2 nitrogen and oxygen atoms in total. The zero-order valence-corrected chi connectivity index (χ0v) is 15.8. The van der Waals surface area contributed by atoms with Crippen LogP contribution in [0.5, 0.6) is 0 Å². The number of aliphatic hydroxyl groups is 1. The Hall–Kier alpha value is -0.860. The highest BCUT2D eigenvalue weighted by molar-refractivity contribution is 5.06. The third-order valence-electron chi connectivity index (χ3n) is 4.83. The third kappa shape index (κ3) is 7.99. The highest BCUT2D eigenvalue weighted by Gasteiger charge is 2.38. The minimum Gasteiger partial charge on any atom is -0.387 e. The summed E-state index contributed by atoms with van der Waals surface area (Å²) in [6.07, 6.45) is 13.3. The third-order valence-corrected chi connectivity index (χ3v) is 4.83. The van der Waals surface area contributed by atoms with Crippen molar-refractivity contribution in [3.63, 3.8) is 0 Å². The SMILES string of the molecule is CC(C)=CCC/C(C)=C/CC/C(C)=C/CC[C@@]1(O)COC[C@H]1C. The van der Waals surface area contributed by atoms with Crippen LogP contribution in [0.25, 0.3) is 0 Å². The standard InChI is InChI=1S/C21H36O2/c1-17(2)9-6-10-18(3)11-7-12-19(4)13-8-14-21(22)16-23-15-20(21)5/h9,11,13,20,22H,6-8,10,12,14-16H2,1-5H3/b18-11+,19-13+/t20-,21-/m1/s1. The molecule has 1 aliphatic heterocycles. The molecule has 2 heteroatoms. The van der Waals surface area contributed by atoms with Gasteiger partial charge in [0.1, 0.15) is 0 Å². The lowest BCUT2D eigenvalue weighted by atomic mass is 9.87. The first-order chi connectivity index (χ1) is 10.8. The molecule has 0 radical (unpaired) electrons. The Morgan fingerprint density at radius 3 is 2.09 bits per heavy atom. The van der Waals surface area contributed by atoms with Crippen molar-refractivity contribution >= 4 is 0 Å². The molecule has 0 aliphatic carbocycles. The summed E-state index contributed by atoms with van der Waals surface area (Å²) in [4.78, 5) is 0. The first-order valence-corrected chi connectivity index (χ1v) is 9.08. The predicted octanol–water partition coefficient (Wildman–Crippen LogP) is 5.58. The fourth-order valence-corrected chi connectivity index (χ4v) is 2.94. The second-order valence-corrected chi connectivity index (χ2v) is 7.52. The fraction of sp³-hybridized carbons (Fsp3) is 0.714. The lowest BCUT2D eigenvalue weighted by molar-refractivity contribution is -0.00147. The van der Waals surface area contributed by atoms with Crippen LogP contribution in [-0.2, 0) is 4.74 Å². The van der Waals surface area contributed by atoms with Gasteiger partial charge in [-0.1, -0.05) is 41.9 Å². The maximum atomic E-state index is 10.5. The van der Waals surface area contributed by atoms with E-state index < -0.39 is 5.60 Å². The van der Waals surface area contributed by atoms with Crippen LogP contribution in [-0.4, -0.2) is 23.9 Å². The van der Waals surface area contributed by atoms with Gasteiger partial charge in [0.15, 0.2) is 0 Å². The van der Waals surface area contributed by atoms with E-state index in [-0.39, 0.29) is 5.92 Å². The molecule has 23 heavy (non-hydrogen) atoms. The molecular formula is C21H36O2. The summed E-state index contributed by atoms with van der Waals surface area (Å²) in [6, 6.07) is 0. The van der Waals surface area contributed by atoms with Gasteiger partial charge in [-0.2, -0.15) is 0 Å². The second-order valence-electron chi connectivity index (χ2n) is 7.52. The Balaban J connectivity index is 2.25. The van der Waals surface area contributed by atoms with Gasteiger partial charge < -0.3 is 9.84 Å². The molecule has 1 fully saturated rings. The Morgan fingerprint density at radius 1 is 1.00 bits per heavy atom. The predicted molar refractivity (Wildman–Crippen MR) is 99.6 cm³/mol. The number of hydrogen-bond donors (Lipinski definition) is 1. The first-order valence-electron chi connectivity index (χ1n) is 9.08. The van der Waals surface area contributed by atoms with E-state index in [2.05, 4.69) is 52.8 Å². The van der Waals surface area contributed by atoms with Gasteiger partial charge >= 0.3 is 0 Å². The highest BCUT2D eigenvalue weighted by atomic mass is 16.5. The van der Waals surface area contributed by atoms with Gasteiger partial charge in [0.2, 0.25) is 0 Å². The van der Waals surface area contributed by atoms with Crippen molar-refractivity contribution in [2.75, 3.05) is 13.2 Å². The van der Waals surface area contributed by atoms with Crippen LogP contribution in [0.1, 0.15) is 73.1 Å². The van der Waals surface area contributed by atoms with E-state index in [0.29, 0.717) is 13.2 Å². The summed E-state index contributed by atoms with van der Waals surface area (Å²) in [5.74, 6) is 0.252. The molecule has 0 bridgehead atoms. The van der Waals surface area contributed by atoms with E-state index in [1.54, 1.807) is 0 Å². The highest BCUT2D eigenvalue weighted by Crippen LogP contribution is 2.29. The van der Waals surface area contributed by atoms with Crippen molar-refractivity contribution in [3.8, 4) is 0 Å². The van der Waals surface area contributed by atoms with E-state index >= 15 is 0 Å². The molecule has 0 amide bonds. The molecule has 0 spiro atoms. The van der Waals surface area contributed by atoms with E-state index in [4.69, 9.17) is 4.74 Å². The number of hydrogen-bond acceptors (Lipinski definition) is 2. The van der Waals surface area contributed by atoms with Crippen molar-refractivity contribution in [3.05, 3.63) is 34.9 Å². The molecule has 1 heterocycles. The molecule has 132 valence electrons. The lowest BCUT2D eigenvalue weighted by Gasteiger charge is -2.24.